The highest BCUT2D eigenvalue weighted by atomic mass is 32.1. The van der Waals surface area contributed by atoms with Crippen LogP contribution >= 0.6 is 11.3 Å². The van der Waals surface area contributed by atoms with E-state index in [0.717, 1.165) is 27.0 Å². The number of nitrogens with zero attached hydrogens (tertiary/aromatic N) is 3. The van der Waals surface area contributed by atoms with E-state index in [9.17, 15) is 9.59 Å². The Morgan fingerprint density at radius 2 is 1.96 bits per heavy atom. The molecule has 1 atom stereocenters. The fourth-order valence-corrected chi connectivity index (χ4v) is 3.39. The number of carbonyl (C=O) groups excluding carboxylic acids is 1. The number of hydrogen-bond donors (Lipinski definition) is 1. The minimum Gasteiger partial charge on any atom is -0.299 e. The maximum Gasteiger partial charge on any atom is 0.252 e. The van der Waals surface area contributed by atoms with Gasteiger partial charge in [0.05, 0.1) is 5.52 Å². The number of hydrogen-bond acceptors (Lipinski definition) is 5. The minimum absolute atomic E-state index is 0.189. The molecule has 0 aliphatic heterocycles. The summed E-state index contributed by atoms with van der Waals surface area (Å²) in [5.41, 5.74) is 2.46. The van der Waals surface area contributed by atoms with Crippen molar-refractivity contribution in [1.29, 1.82) is 0 Å². The highest BCUT2D eigenvalue weighted by molar-refractivity contribution is 7.15. The first-order valence-corrected chi connectivity index (χ1v) is 8.42. The summed E-state index contributed by atoms with van der Waals surface area (Å²) >= 11 is 1.30. The van der Waals surface area contributed by atoms with Crippen LogP contribution in [0.15, 0.2) is 29.1 Å². The van der Waals surface area contributed by atoms with E-state index in [1.54, 1.807) is 17.6 Å². The average Bonchev–Trinajstić information content (AvgIpc) is 2.93. The largest absolute Gasteiger partial charge is 0.299 e. The lowest BCUT2D eigenvalue weighted by molar-refractivity contribution is -0.118. The molecule has 1 amide bonds. The van der Waals surface area contributed by atoms with Gasteiger partial charge in [-0.2, -0.15) is 0 Å². The summed E-state index contributed by atoms with van der Waals surface area (Å²) in [4.78, 5) is 25.1. The van der Waals surface area contributed by atoms with Gasteiger partial charge in [0.15, 0.2) is 0 Å². The molecular formula is C17H18N4O2S. The molecule has 6 nitrogen and oxygen atoms in total. The Kier molecular flexibility index (Phi) is 4.19. The standard InChI is InChI=1S/C17H18N4O2S/c1-9-6-5-7-13-10(2)8-14(22)21(15(9)13)11(3)16(23)18-17-20-19-12(4)24-17/h5-8,11H,1-4H3,(H,18,20,23). The number of pyridine rings is 1. The molecular weight excluding hydrogens is 324 g/mol. The molecule has 0 saturated carbocycles. The highest BCUT2D eigenvalue weighted by Crippen LogP contribution is 2.23. The van der Waals surface area contributed by atoms with E-state index in [4.69, 9.17) is 0 Å². The van der Waals surface area contributed by atoms with Gasteiger partial charge in [0.25, 0.3) is 5.56 Å². The van der Waals surface area contributed by atoms with Crippen LogP contribution in [0.25, 0.3) is 10.9 Å². The highest BCUT2D eigenvalue weighted by Gasteiger charge is 2.21. The van der Waals surface area contributed by atoms with Crippen LogP contribution in [0.1, 0.15) is 29.1 Å². The van der Waals surface area contributed by atoms with Gasteiger partial charge < -0.3 is 0 Å². The van der Waals surface area contributed by atoms with Crippen LogP contribution in [0.4, 0.5) is 5.13 Å². The average molecular weight is 342 g/mol. The molecule has 2 aromatic heterocycles. The lowest BCUT2D eigenvalue weighted by Crippen LogP contribution is -2.32. The summed E-state index contributed by atoms with van der Waals surface area (Å²) in [7, 11) is 0. The van der Waals surface area contributed by atoms with Gasteiger partial charge in [-0.3, -0.25) is 19.5 Å². The minimum atomic E-state index is -0.661. The van der Waals surface area contributed by atoms with Crippen molar-refractivity contribution in [2.24, 2.45) is 0 Å². The first kappa shape index (κ1) is 16.3. The molecule has 0 radical (unpaired) electrons. The third-order valence-electron chi connectivity index (χ3n) is 4.00. The van der Waals surface area contributed by atoms with Crippen LogP contribution in [0, 0.1) is 20.8 Å². The fourth-order valence-electron chi connectivity index (χ4n) is 2.80. The zero-order valence-electron chi connectivity index (χ0n) is 14.0. The number of rotatable bonds is 3. The van der Waals surface area contributed by atoms with Crippen molar-refractivity contribution in [2.45, 2.75) is 33.7 Å². The van der Waals surface area contributed by atoms with Crippen LogP contribution in [-0.4, -0.2) is 20.7 Å². The molecule has 0 saturated heterocycles. The summed E-state index contributed by atoms with van der Waals surface area (Å²) in [5, 5.41) is 12.7. The van der Waals surface area contributed by atoms with Crippen molar-refractivity contribution in [3.8, 4) is 0 Å². The molecule has 124 valence electrons. The Hall–Kier alpha value is -2.54. The lowest BCUT2D eigenvalue weighted by Gasteiger charge is -2.19. The summed E-state index contributed by atoms with van der Waals surface area (Å²) in [6, 6.07) is 6.77. The second-order valence-corrected chi connectivity index (χ2v) is 6.98. The van der Waals surface area contributed by atoms with Crippen LogP contribution in [-0.2, 0) is 4.79 Å². The van der Waals surface area contributed by atoms with E-state index in [2.05, 4.69) is 15.5 Å². The molecule has 0 bridgehead atoms. The van der Waals surface area contributed by atoms with Gasteiger partial charge in [0.1, 0.15) is 11.0 Å². The van der Waals surface area contributed by atoms with Gasteiger partial charge in [-0.25, -0.2) is 0 Å². The van der Waals surface area contributed by atoms with E-state index >= 15 is 0 Å². The van der Waals surface area contributed by atoms with Crippen LogP contribution in [0.5, 0.6) is 0 Å². The van der Waals surface area contributed by atoms with Gasteiger partial charge in [0.2, 0.25) is 11.0 Å². The number of aryl methyl sites for hydroxylation is 3. The monoisotopic (exact) mass is 342 g/mol. The van der Waals surface area contributed by atoms with Crippen LogP contribution in [0.2, 0.25) is 0 Å². The molecule has 0 aliphatic carbocycles. The van der Waals surface area contributed by atoms with Crippen LogP contribution < -0.4 is 10.9 Å². The molecule has 1 unspecified atom stereocenters. The Morgan fingerprint density at radius 1 is 1.21 bits per heavy atom. The van der Waals surface area contributed by atoms with Gasteiger partial charge in [-0.15, -0.1) is 10.2 Å². The molecule has 2 heterocycles. The Balaban J connectivity index is 2.08. The quantitative estimate of drug-likeness (QED) is 0.794. The van der Waals surface area contributed by atoms with E-state index < -0.39 is 6.04 Å². The number of amides is 1. The van der Waals surface area contributed by atoms with Crippen molar-refractivity contribution < 1.29 is 4.79 Å². The zero-order chi connectivity index (χ0) is 17.4. The van der Waals surface area contributed by atoms with E-state index in [0.29, 0.717) is 5.13 Å². The van der Waals surface area contributed by atoms with Crippen LogP contribution in [0.3, 0.4) is 0 Å². The molecule has 3 aromatic rings. The SMILES string of the molecule is Cc1nnc(NC(=O)C(C)n2c(=O)cc(C)c3cccc(C)c32)s1. The predicted octanol–water partition coefficient (Wildman–Crippen LogP) is 2.98. The first-order valence-electron chi connectivity index (χ1n) is 7.61. The van der Waals surface area contributed by atoms with Gasteiger partial charge in [0, 0.05) is 11.5 Å². The van der Waals surface area contributed by atoms with Crippen molar-refractivity contribution in [3.63, 3.8) is 0 Å². The van der Waals surface area contributed by atoms with Gasteiger partial charge in [-0.05, 0) is 38.8 Å². The van der Waals surface area contributed by atoms with Gasteiger partial charge >= 0.3 is 0 Å². The predicted molar refractivity (Wildman–Crippen MR) is 95.7 cm³/mol. The summed E-state index contributed by atoms with van der Waals surface area (Å²) in [5.74, 6) is -0.290. The molecule has 1 aromatic carbocycles. The maximum atomic E-state index is 12.6. The topological polar surface area (TPSA) is 76.9 Å². The summed E-state index contributed by atoms with van der Waals surface area (Å²) in [6.07, 6.45) is 0. The molecule has 0 spiro atoms. The van der Waals surface area contributed by atoms with Crippen molar-refractivity contribution >= 4 is 33.3 Å². The molecule has 1 N–H and O–H groups in total. The third kappa shape index (κ3) is 2.82. The lowest BCUT2D eigenvalue weighted by atomic mass is 10.1. The normalized spacial score (nSPS) is 12.3. The van der Waals surface area contributed by atoms with Crippen molar-refractivity contribution in [2.75, 3.05) is 5.32 Å². The van der Waals surface area contributed by atoms with Crippen molar-refractivity contribution in [3.05, 3.63) is 50.8 Å². The number of anilines is 1. The Labute approximate surface area is 143 Å². The van der Waals surface area contributed by atoms with Gasteiger partial charge in [-0.1, -0.05) is 29.5 Å². The second-order valence-electron chi connectivity index (χ2n) is 5.80. The molecule has 7 heteroatoms. The number of fused-ring (bicyclic) bond motifs is 1. The molecule has 0 aliphatic rings. The van der Waals surface area contributed by atoms with Crippen molar-refractivity contribution in [1.82, 2.24) is 14.8 Å². The smallest absolute Gasteiger partial charge is 0.252 e. The number of aromatic nitrogens is 3. The molecule has 0 fully saturated rings. The number of carbonyl (C=O) groups is 1. The Bertz CT molecular complexity index is 990. The molecule has 24 heavy (non-hydrogen) atoms. The molecule has 3 rings (SSSR count). The summed E-state index contributed by atoms with van der Waals surface area (Å²) < 4.78 is 1.54. The number of benzene rings is 1. The third-order valence-corrected chi connectivity index (χ3v) is 4.76. The number of para-hydroxylation sites is 1. The zero-order valence-corrected chi connectivity index (χ0v) is 14.8. The second kappa shape index (κ2) is 6.16. The van der Waals surface area contributed by atoms with E-state index in [-0.39, 0.29) is 11.5 Å². The maximum absolute atomic E-state index is 12.6. The van der Waals surface area contributed by atoms with E-state index in [1.165, 1.54) is 11.3 Å². The fraction of sp³-hybridized carbons (Fsp3) is 0.294. The Morgan fingerprint density at radius 3 is 2.62 bits per heavy atom. The number of nitrogens with one attached hydrogen (secondary N) is 1. The first-order chi connectivity index (χ1) is 11.4. The van der Waals surface area contributed by atoms with E-state index in [1.807, 2.05) is 39.0 Å². The summed E-state index contributed by atoms with van der Waals surface area (Å²) in [6.45, 7) is 7.38.